The van der Waals surface area contributed by atoms with E-state index < -0.39 is 21.6 Å². The molecule has 0 fully saturated rings. The van der Waals surface area contributed by atoms with Crippen LogP contribution >= 0.6 is 31.9 Å². The molecule has 106 valence electrons. The first-order valence-corrected chi connectivity index (χ1v) is 7.99. The molecule has 2 atom stereocenters. The topological polar surface area (TPSA) is 52.6 Å². The molecule has 0 unspecified atom stereocenters. The van der Waals surface area contributed by atoms with Crippen LogP contribution in [0.3, 0.4) is 0 Å². The van der Waals surface area contributed by atoms with Crippen molar-refractivity contribution in [3.05, 3.63) is 0 Å². The van der Waals surface area contributed by atoms with Gasteiger partial charge < -0.3 is 9.47 Å². The van der Waals surface area contributed by atoms with Crippen LogP contribution < -0.4 is 0 Å². The van der Waals surface area contributed by atoms with Crippen molar-refractivity contribution in [2.24, 2.45) is 0 Å². The van der Waals surface area contributed by atoms with Crippen LogP contribution in [0.15, 0.2) is 0 Å². The fourth-order valence-corrected chi connectivity index (χ4v) is 1.73. The number of carbonyl (C=O) groups is 2. The number of hydrogen-bond acceptors (Lipinski definition) is 4. The minimum absolute atomic E-state index is 0.377. The van der Waals surface area contributed by atoms with E-state index in [0.29, 0.717) is 13.2 Å². The third kappa shape index (κ3) is 7.36. The van der Waals surface area contributed by atoms with Crippen molar-refractivity contribution in [2.45, 2.75) is 49.2 Å². The van der Waals surface area contributed by atoms with Crippen LogP contribution in [0, 0.1) is 0 Å². The molecule has 6 heteroatoms. The minimum atomic E-state index is -0.719. The van der Waals surface area contributed by atoms with Gasteiger partial charge in [-0.3, -0.25) is 9.59 Å². The molecule has 0 aromatic carbocycles. The normalized spacial score (nSPS) is 13.8. The molecule has 4 nitrogen and oxygen atoms in total. The molecule has 0 spiro atoms. The lowest BCUT2D eigenvalue weighted by Crippen LogP contribution is -2.33. The van der Waals surface area contributed by atoms with Crippen molar-refractivity contribution in [3.8, 4) is 0 Å². The van der Waals surface area contributed by atoms with Crippen molar-refractivity contribution in [1.82, 2.24) is 0 Å². The Balaban J connectivity index is 4.02. The first-order chi connectivity index (χ1) is 8.54. The van der Waals surface area contributed by atoms with Gasteiger partial charge in [-0.25, -0.2) is 0 Å². The van der Waals surface area contributed by atoms with E-state index in [1.807, 2.05) is 13.8 Å². The van der Waals surface area contributed by atoms with Crippen LogP contribution in [-0.2, 0) is 19.1 Å². The van der Waals surface area contributed by atoms with E-state index in [2.05, 4.69) is 31.9 Å². The summed E-state index contributed by atoms with van der Waals surface area (Å²) in [6.45, 7) is 4.78. The molecule has 0 aliphatic carbocycles. The van der Waals surface area contributed by atoms with Gasteiger partial charge in [-0.05, 0) is 12.8 Å². The summed E-state index contributed by atoms with van der Waals surface area (Å²) in [6.07, 6.45) is 3.55. The molecule has 0 radical (unpaired) electrons. The predicted octanol–water partition coefficient (Wildman–Crippen LogP) is 3.20. The number of esters is 2. The molecule has 0 heterocycles. The zero-order chi connectivity index (χ0) is 14.0. The maximum Gasteiger partial charge on any atom is 0.321 e. The highest BCUT2D eigenvalue weighted by molar-refractivity contribution is 9.12. The third-order valence-corrected chi connectivity index (χ3v) is 4.71. The monoisotopic (exact) mass is 386 g/mol. The van der Waals surface area contributed by atoms with Crippen LogP contribution in [0.4, 0.5) is 0 Å². The van der Waals surface area contributed by atoms with Crippen molar-refractivity contribution in [1.29, 1.82) is 0 Å². The Bertz CT molecular complexity index is 232. The second kappa shape index (κ2) is 10.8. The van der Waals surface area contributed by atoms with E-state index in [1.165, 1.54) is 0 Å². The van der Waals surface area contributed by atoms with Gasteiger partial charge in [0.2, 0.25) is 0 Å². The van der Waals surface area contributed by atoms with Gasteiger partial charge >= 0.3 is 11.9 Å². The van der Waals surface area contributed by atoms with E-state index in [-0.39, 0.29) is 0 Å². The van der Waals surface area contributed by atoms with Crippen LogP contribution in [0.2, 0.25) is 0 Å². The molecular weight excluding hydrogens is 368 g/mol. The summed E-state index contributed by atoms with van der Waals surface area (Å²) >= 11 is 6.30. The summed E-state index contributed by atoms with van der Waals surface area (Å²) in [5, 5.41) is 0. The lowest BCUT2D eigenvalue weighted by molar-refractivity contribution is -0.148. The molecule has 0 rings (SSSR count). The number of rotatable bonds is 9. The molecule has 0 aromatic heterocycles. The van der Waals surface area contributed by atoms with Gasteiger partial charge in [0.05, 0.1) is 13.2 Å². The first-order valence-electron chi connectivity index (χ1n) is 6.16. The fourth-order valence-electron chi connectivity index (χ4n) is 1.03. The Kier molecular flexibility index (Phi) is 10.7. The quantitative estimate of drug-likeness (QED) is 0.346. The molecule has 0 N–H and O–H groups in total. The summed E-state index contributed by atoms with van der Waals surface area (Å²) in [4.78, 5) is 21.7. The van der Waals surface area contributed by atoms with Gasteiger partial charge in [0.1, 0.15) is 9.65 Å². The molecule has 0 aliphatic heterocycles. The molecule has 0 bridgehead atoms. The molecule has 0 aromatic rings. The first kappa shape index (κ1) is 17.9. The summed E-state index contributed by atoms with van der Waals surface area (Å²) in [5.41, 5.74) is 0. The molecule has 0 saturated heterocycles. The van der Waals surface area contributed by atoms with E-state index in [9.17, 15) is 9.59 Å². The fraction of sp³-hybridized carbons (Fsp3) is 0.833. The van der Waals surface area contributed by atoms with Crippen LogP contribution in [-0.4, -0.2) is 34.8 Å². The van der Waals surface area contributed by atoms with Crippen molar-refractivity contribution in [2.75, 3.05) is 13.2 Å². The van der Waals surface area contributed by atoms with Crippen LogP contribution in [0.25, 0.3) is 0 Å². The van der Waals surface area contributed by atoms with E-state index >= 15 is 0 Å². The number of unbranched alkanes of at least 4 members (excludes halogenated alkanes) is 2. The lowest BCUT2D eigenvalue weighted by Gasteiger charge is -2.15. The standard InChI is InChI=1S/C12H20Br2O4/c1-3-5-7-17-11(15)9(13)10(14)12(16)18-8-6-4-2/h9-10H,3-8H2,1-2H3/t9-,10+. The molecule has 0 saturated carbocycles. The number of alkyl halides is 2. The van der Waals surface area contributed by atoms with Crippen LogP contribution in [0.5, 0.6) is 0 Å². The maximum atomic E-state index is 11.6. The Morgan fingerprint density at radius 3 is 1.50 bits per heavy atom. The average Bonchev–Trinajstić information content (AvgIpc) is 2.37. The van der Waals surface area contributed by atoms with Gasteiger partial charge in [0.15, 0.2) is 0 Å². The Morgan fingerprint density at radius 2 is 1.22 bits per heavy atom. The largest absolute Gasteiger partial charge is 0.465 e. The highest BCUT2D eigenvalue weighted by atomic mass is 79.9. The van der Waals surface area contributed by atoms with Crippen molar-refractivity contribution < 1.29 is 19.1 Å². The highest BCUT2D eigenvalue weighted by Crippen LogP contribution is 2.18. The second-order valence-corrected chi connectivity index (χ2v) is 5.82. The summed E-state index contributed by atoms with van der Waals surface area (Å²) in [5.74, 6) is -0.893. The Hall–Kier alpha value is -0.100. The maximum absolute atomic E-state index is 11.6. The lowest BCUT2D eigenvalue weighted by atomic mass is 10.3. The highest BCUT2D eigenvalue weighted by Gasteiger charge is 2.31. The van der Waals surface area contributed by atoms with E-state index in [0.717, 1.165) is 25.7 Å². The molecule has 0 aliphatic rings. The zero-order valence-electron chi connectivity index (χ0n) is 10.8. The molecular formula is C12H20Br2O4. The molecule has 0 amide bonds. The zero-order valence-corrected chi connectivity index (χ0v) is 14.0. The van der Waals surface area contributed by atoms with Gasteiger partial charge in [-0.15, -0.1) is 0 Å². The predicted molar refractivity (Wildman–Crippen MR) is 77.2 cm³/mol. The minimum Gasteiger partial charge on any atom is -0.465 e. The number of ether oxygens (including phenoxy) is 2. The SMILES string of the molecule is CCCCOC(=O)[C@@H](Br)[C@@H](Br)C(=O)OCCCC. The van der Waals surface area contributed by atoms with Gasteiger partial charge in [0.25, 0.3) is 0 Å². The number of halogens is 2. The number of hydrogen-bond donors (Lipinski definition) is 0. The molecule has 18 heavy (non-hydrogen) atoms. The van der Waals surface area contributed by atoms with E-state index in [1.54, 1.807) is 0 Å². The van der Waals surface area contributed by atoms with Gasteiger partial charge in [-0.1, -0.05) is 58.5 Å². The Morgan fingerprint density at radius 1 is 0.889 bits per heavy atom. The second-order valence-electron chi connectivity index (χ2n) is 3.85. The average molecular weight is 388 g/mol. The summed E-state index contributed by atoms with van der Waals surface area (Å²) in [6, 6.07) is 0. The Labute approximate surface area is 125 Å². The number of carbonyl (C=O) groups excluding carboxylic acids is 2. The van der Waals surface area contributed by atoms with Crippen LogP contribution in [0.1, 0.15) is 39.5 Å². The van der Waals surface area contributed by atoms with Crippen molar-refractivity contribution >= 4 is 43.8 Å². The van der Waals surface area contributed by atoms with Gasteiger partial charge in [0, 0.05) is 0 Å². The van der Waals surface area contributed by atoms with E-state index in [4.69, 9.17) is 9.47 Å². The van der Waals surface area contributed by atoms with Crippen molar-refractivity contribution in [3.63, 3.8) is 0 Å². The van der Waals surface area contributed by atoms with Gasteiger partial charge in [-0.2, -0.15) is 0 Å². The smallest absolute Gasteiger partial charge is 0.321 e. The third-order valence-electron chi connectivity index (χ3n) is 2.19. The summed E-state index contributed by atoms with van der Waals surface area (Å²) < 4.78 is 10.0. The summed E-state index contributed by atoms with van der Waals surface area (Å²) in [7, 11) is 0.